The van der Waals surface area contributed by atoms with Crippen molar-refractivity contribution in [1.82, 2.24) is 9.80 Å². The van der Waals surface area contributed by atoms with E-state index in [0.29, 0.717) is 0 Å². The lowest BCUT2D eigenvalue weighted by atomic mass is 10.0. The topological polar surface area (TPSA) is 15.7 Å². The molecule has 2 aromatic carbocycles. The highest BCUT2D eigenvalue weighted by Crippen LogP contribution is 2.25. The van der Waals surface area contributed by atoms with Gasteiger partial charge in [-0.1, -0.05) is 48.9 Å². The Morgan fingerprint density at radius 2 is 1.68 bits per heavy atom. The van der Waals surface area contributed by atoms with E-state index in [1.807, 2.05) is 24.3 Å². The van der Waals surface area contributed by atoms with Gasteiger partial charge in [-0.05, 0) is 35.9 Å². The molecule has 0 unspecified atom stereocenters. The highest BCUT2D eigenvalue weighted by molar-refractivity contribution is 6.30. The first-order valence-corrected chi connectivity index (χ1v) is 9.52. The maximum atomic E-state index is 6.20. The molecule has 0 amide bonds. The fourth-order valence-corrected chi connectivity index (χ4v) is 3.45. The van der Waals surface area contributed by atoms with Crippen molar-refractivity contribution in [3.63, 3.8) is 0 Å². The maximum Gasteiger partial charge on any atom is 0.122 e. The molecular formula is C21H27ClN2O. The van der Waals surface area contributed by atoms with Gasteiger partial charge in [-0.3, -0.25) is 4.90 Å². The molecule has 0 aliphatic carbocycles. The standard InChI is InChI=1S/C21H27ClN2O/c1-2-23-10-12-24(13-11-23)14-15-25-21-9-8-20(22)17-19(21)16-18-6-4-3-5-7-18/h3-9,17H,2,10-16H2,1H3. The zero-order valence-electron chi connectivity index (χ0n) is 15.0. The normalized spacial score (nSPS) is 16.1. The minimum Gasteiger partial charge on any atom is -0.492 e. The summed E-state index contributed by atoms with van der Waals surface area (Å²) in [5.74, 6) is 0.945. The maximum absolute atomic E-state index is 6.20. The van der Waals surface area contributed by atoms with Gasteiger partial charge in [0.15, 0.2) is 0 Å². The van der Waals surface area contributed by atoms with Crippen molar-refractivity contribution >= 4 is 11.6 Å². The average molecular weight is 359 g/mol. The van der Waals surface area contributed by atoms with Crippen molar-refractivity contribution in [2.75, 3.05) is 45.9 Å². The van der Waals surface area contributed by atoms with E-state index in [-0.39, 0.29) is 0 Å². The highest BCUT2D eigenvalue weighted by atomic mass is 35.5. The van der Waals surface area contributed by atoms with E-state index in [4.69, 9.17) is 16.3 Å². The first kappa shape index (κ1) is 18.2. The smallest absolute Gasteiger partial charge is 0.122 e. The van der Waals surface area contributed by atoms with Crippen LogP contribution in [0.4, 0.5) is 0 Å². The second kappa shape index (κ2) is 9.23. The van der Waals surface area contributed by atoms with Crippen LogP contribution in [0.3, 0.4) is 0 Å². The van der Waals surface area contributed by atoms with Gasteiger partial charge in [0.2, 0.25) is 0 Å². The molecule has 3 nitrogen and oxygen atoms in total. The number of rotatable bonds is 7. The first-order chi connectivity index (χ1) is 12.2. The number of likely N-dealkylation sites (N-methyl/N-ethyl adjacent to an activating group) is 1. The Kier molecular flexibility index (Phi) is 6.74. The highest BCUT2D eigenvalue weighted by Gasteiger charge is 2.15. The van der Waals surface area contributed by atoms with Crippen molar-refractivity contribution in [3.8, 4) is 5.75 Å². The van der Waals surface area contributed by atoms with Crippen LogP contribution >= 0.6 is 11.6 Å². The van der Waals surface area contributed by atoms with E-state index in [0.717, 1.165) is 68.6 Å². The predicted octanol–water partition coefficient (Wildman–Crippen LogP) is 3.95. The van der Waals surface area contributed by atoms with E-state index in [1.165, 1.54) is 5.56 Å². The number of halogens is 1. The van der Waals surface area contributed by atoms with Gasteiger partial charge in [0.25, 0.3) is 0 Å². The fraction of sp³-hybridized carbons (Fsp3) is 0.429. The lowest BCUT2D eigenvalue weighted by Crippen LogP contribution is -2.47. The number of ether oxygens (including phenoxy) is 1. The third-order valence-corrected chi connectivity index (χ3v) is 5.07. The molecule has 0 bridgehead atoms. The predicted molar refractivity (Wildman–Crippen MR) is 105 cm³/mol. The molecule has 3 rings (SSSR count). The number of benzene rings is 2. The van der Waals surface area contributed by atoms with E-state index >= 15 is 0 Å². The molecule has 1 fully saturated rings. The SMILES string of the molecule is CCN1CCN(CCOc2ccc(Cl)cc2Cc2ccccc2)CC1. The Balaban J connectivity index is 1.55. The quantitative estimate of drug-likeness (QED) is 0.745. The Morgan fingerprint density at radius 3 is 2.40 bits per heavy atom. The molecule has 1 aliphatic rings. The summed E-state index contributed by atoms with van der Waals surface area (Å²) in [5.41, 5.74) is 2.42. The summed E-state index contributed by atoms with van der Waals surface area (Å²) >= 11 is 6.20. The molecule has 1 aliphatic heterocycles. The van der Waals surface area contributed by atoms with Crippen LogP contribution < -0.4 is 4.74 Å². The number of piperazine rings is 1. The molecular weight excluding hydrogens is 332 g/mol. The fourth-order valence-electron chi connectivity index (χ4n) is 3.26. The summed E-state index contributed by atoms with van der Waals surface area (Å²) in [5, 5.41) is 0.758. The largest absolute Gasteiger partial charge is 0.492 e. The van der Waals surface area contributed by atoms with Crippen LogP contribution in [0.25, 0.3) is 0 Å². The van der Waals surface area contributed by atoms with Crippen molar-refractivity contribution in [3.05, 3.63) is 64.7 Å². The molecule has 0 N–H and O–H groups in total. The average Bonchev–Trinajstić information content (AvgIpc) is 2.65. The molecule has 0 spiro atoms. The van der Waals surface area contributed by atoms with Crippen molar-refractivity contribution in [1.29, 1.82) is 0 Å². The minimum atomic E-state index is 0.718. The third-order valence-electron chi connectivity index (χ3n) is 4.84. The molecule has 1 heterocycles. The zero-order chi connectivity index (χ0) is 17.5. The summed E-state index contributed by atoms with van der Waals surface area (Å²) in [6, 6.07) is 16.4. The van der Waals surface area contributed by atoms with Gasteiger partial charge >= 0.3 is 0 Å². The Hall–Kier alpha value is -1.55. The monoisotopic (exact) mass is 358 g/mol. The van der Waals surface area contributed by atoms with Crippen LogP contribution in [-0.4, -0.2) is 55.7 Å². The molecule has 0 atom stereocenters. The lowest BCUT2D eigenvalue weighted by molar-refractivity contribution is 0.120. The van der Waals surface area contributed by atoms with Crippen LogP contribution in [0.15, 0.2) is 48.5 Å². The van der Waals surface area contributed by atoms with Crippen LogP contribution in [-0.2, 0) is 6.42 Å². The molecule has 1 saturated heterocycles. The molecule has 0 saturated carbocycles. The summed E-state index contributed by atoms with van der Waals surface area (Å²) in [6.07, 6.45) is 0.839. The first-order valence-electron chi connectivity index (χ1n) is 9.14. The van der Waals surface area contributed by atoms with Gasteiger partial charge in [0.1, 0.15) is 12.4 Å². The molecule has 134 valence electrons. The summed E-state index contributed by atoms with van der Waals surface area (Å²) < 4.78 is 6.11. The van der Waals surface area contributed by atoms with E-state index in [2.05, 4.69) is 41.0 Å². The second-order valence-electron chi connectivity index (χ2n) is 6.54. The van der Waals surface area contributed by atoms with Crippen molar-refractivity contribution < 1.29 is 4.74 Å². The van der Waals surface area contributed by atoms with E-state index in [1.54, 1.807) is 0 Å². The minimum absolute atomic E-state index is 0.718. The van der Waals surface area contributed by atoms with E-state index in [9.17, 15) is 0 Å². The molecule has 25 heavy (non-hydrogen) atoms. The number of hydrogen-bond acceptors (Lipinski definition) is 3. The molecule has 0 aromatic heterocycles. The lowest BCUT2D eigenvalue weighted by Gasteiger charge is -2.33. The second-order valence-corrected chi connectivity index (χ2v) is 6.98. The van der Waals surface area contributed by atoms with Crippen LogP contribution in [0, 0.1) is 0 Å². The van der Waals surface area contributed by atoms with Crippen molar-refractivity contribution in [2.24, 2.45) is 0 Å². The van der Waals surface area contributed by atoms with Gasteiger partial charge in [-0.2, -0.15) is 0 Å². The third kappa shape index (κ3) is 5.46. The van der Waals surface area contributed by atoms with E-state index < -0.39 is 0 Å². The molecule has 0 radical (unpaired) electrons. The van der Waals surface area contributed by atoms with Crippen LogP contribution in [0.2, 0.25) is 5.02 Å². The van der Waals surface area contributed by atoms with Crippen LogP contribution in [0.5, 0.6) is 5.75 Å². The Morgan fingerprint density at radius 1 is 0.960 bits per heavy atom. The van der Waals surface area contributed by atoms with Crippen molar-refractivity contribution in [2.45, 2.75) is 13.3 Å². The van der Waals surface area contributed by atoms with Gasteiger partial charge < -0.3 is 9.64 Å². The van der Waals surface area contributed by atoms with Crippen LogP contribution in [0.1, 0.15) is 18.1 Å². The zero-order valence-corrected chi connectivity index (χ0v) is 15.7. The van der Waals surface area contributed by atoms with Gasteiger partial charge in [0.05, 0.1) is 0 Å². The molecule has 2 aromatic rings. The summed E-state index contributed by atoms with van der Waals surface area (Å²) in [6.45, 7) is 9.67. The summed E-state index contributed by atoms with van der Waals surface area (Å²) in [4.78, 5) is 4.98. The van der Waals surface area contributed by atoms with Gasteiger partial charge in [-0.15, -0.1) is 0 Å². The van der Waals surface area contributed by atoms with Gasteiger partial charge in [0, 0.05) is 44.2 Å². The summed E-state index contributed by atoms with van der Waals surface area (Å²) in [7, 11) is 0. The number of hydrogen-bond donors (Lipinski definition) is 0. The van der Waals surface area contributed by atoms with Gasteiger partial charge in [-0.25, -0.2) is 0 Å². The molecule has 4 heteroatoms. The Labute approximate surface area is 156 Å². The number of nitrogens with zero attached hydrogens (tertiary/aromatic N) is 2. The Bertz CT molecular complexity index is 654.